The van der Waals surface area contributed by atoms with Gasteiger partial charge in [-0.05, 0) is 42.3 Å². The summed E-state index contributed by atoms with van der Waals surface area (Å²) in [5, 5.41) is 9.09. The van der Waals surface area contributed by atoms with Crippen molar-refractivity contribution in [1.82, 2.24) is 9.88 Å². The minimum absolute atomic E-state index is 0.0987. The van der Waals surface area contributed by atoms with Crippen molar-refractivity contribution in [3.05, 3.63) is 65.5 Å². The van der Waals surface area contributed by atoms with Crippen molar-refractivity contribution in [2.75, 3.05) is 20.3 Å². The van der Waals surface area contributed by atoms with E-state index >= 15 is 0 Å². The van der Waals surface area contributed by atoms with Gasteiger partial charge in [0.05, 0.1) is 5.56 Å². The Morgan fingerprint density at radius 3 is 2.54 bits per heavy atom. The number of nitrogens with zero attached hydrogens (tertiary/aromatic N) is 2. The number of aromatic carboxylic acids is 1. The van der Waals surface area contributed by atoms with Crippen LogP contribution in [0.3, 0.4) is 0 Å². The molecule has 0 saturated heterocycles. The first kappa shape index (κ1) is 17.6. The van der Waals surface area contributed by atoms with Crippen molar-refractivity contribution in [2.45, 2.75) is 13.0 Å². The summed E-state index contributed by atoms with van der Waals surface area (Å²) in [7, 11) is 1.62. The first-order valence-corrected chi connectivity index (χ1v) is 7.62. The highest BCUT2D eigenvalue weighted by Crippen LogP contribution is 2.12. The zero-order chi connectivity index (χ0) is 17.4. The lowest BCUT2D eigenvalue weighted by molar-refractivity contribution is 0.0697. The average molecular weight is 328 g/mol. The summed E-state index contributed by atoms with van der Waals surface area (Å²) in [4.78, 5) is 29.6. The smallest absolute Gasteiger partial charge is 0.335 e. The number of carboxylic acid groups (broad SMARTS) is 1. The highest BCUT2D eigenvalue weighted by Gasteiger charge is 2.17. The molecule has 1 heterocycles. The number of ether oxygens (including phenoxy) is 1. The molecule has 0 atom stereocenters. The van der Waals surface area contributed by atoms with Crippen LogP contribution in [-0.4, -0.2) is 47.1 Å². The molecule has 6 nitrogen and oxygen atoms in total. The molecule has 1 aromatic carbocycles. The molecule has 1 amide bonds. The summed E-state index contributed by atoms with van der Waals surface area (Å²) in [6.45, 7) is 1.50. The minimum atomic E-state index is -1.05. The van der Waals surface area contributed by atoms with Crippen molar-refractivity contribution in [1.29, 1.82) is 0 Å². The maximum absolute atomic E-state index is 12.8. The number of pyridine rings is 1. The quantitative estimate of drug-likeness (QED) is 0.753. The molecular formula is C18H20N2O4. The van der Waals surface area contributed by atoms with Crippen LogP contribution < -0.4 is 0 Å². The molecule has 0 aliphatic carbocycles. The van der Waals surface area contributed by atoms with E-state index in [2.05, 4.69) is 4.98 Å². The Labute approximate surface area is 140 Å². The van der Waals surface area contributed by atoms with Crippen LogP contribution in [0.25, 0.3) is 0 Å². The minimum Gasteiger partial charge on any atom is -0.478 e. The molecule has 0 aliphatic rings. The molecule has 0 aliphatic heterocycles. The second-order valence-electron chi connectivity index (χ2n) is 5.31. The van der Waals surface area contributed by atoms with Crippen LogP contribution in [0.1, 0.15) is 32.7 Å². The third kappa shape index (κ3) is 4.89. The summed E-state index contributed by atoms with van der Waals surface area (Å²) in [5.74, 6) is -1.25. The SMILES string of the molecule is COCCCN(Cc1ccncc1)C(=O)c1cccc(C(=O)O)c1. The number of amides is 1. The number of hydrogen-bond acceptors (Lipinski definition) is 4. The van der Waals surface area contributed by atoms with Crippen LogP contribution in [0, 0.1) is 0 Å². The first-order chi connectivity index (χ1) is 11.6. The second kappa shape index (κ2) is 8.79. The predicted octanol–water partition coefficient (Wildman–Crippen LogP) is 2.46. The molecule has 2 aromatic rings. The topological polar surface area (TPSA) is 79.7 Å². The number of carbonyl (C=O) groups excluding carboxylic acids is 1. The van der Waals surface area contributed by atoms with Crippen molar-refractivity contribution < 1.29 is 19.4 Å². The highest BCUT2D eigenvalue weighted by molar-refractivity contribution is 5.97. The molecule has 1 aromatic heterocycles. The van der Waals surface area contributed by atoms with E-state index in [0.717, 1.165) is 5.56 Å². The lowest BCUT2D eigenvalue weighted by atomic mass is 10.1. The normalized spacial score (nSPS) is 10.4. The van der Waals surface area contributed by atoms with Gasteiger partial charge in [0, 0.05) is 44.8 Å². The molecule has 0 unspecified atom stereocenters. The predicted molar refractivity (Wildman–Crippen MR) is 88.9 cm³/mol. The van der Waals surface area contributed by atoms with Gasteiger partial charge in [0.25, 0.3) is 5.91 Å². The Morgan fingerprint density at radius 2 is 1.88 bits per heavy atom. The van der Waals surface area contributed by atoms with E-state index in [9.17, 15) is 9.59 Å². The van der Waals surface area contributed by atoms with Crippen LogP contribution in [0.15, 0.2) is 48.8 Å². The van der Waals surface area contributed by atoms with E-state index in [4.69, 9.17) is 9.84 Å². The fraction of sp³-hybridized carbons (Fsp3) is 0.278. The summed E-state index contributed by atoms with van der Waals surface area (Å²) in [6, 6.07) is 9.79. The van der Waals surface area contributed by atoms with Gasteiger partial charge in [-0.25, -0.2) is 4.79 Å². The monoisotopic (exact) mass is 328 g/mol. The van der Waals surface area contributed by atoms with Crippen LogP contribution >= 0.6 is 0 Å². The molecule has 2 rings (SSSR count). The summed E-state index contributed by atoms with van der Waals surface area (Å²) in [6.07, 6.45) is 4.06. The van der Waals surface area contributed by atoms with Crippen molar-refractivity contribution in [3.8, 4) is 0 Å². The summed E-state index contributed by atoms with van der Waals surface area (Å²) >= 11 is 0. The van der Waals surface area contributed by atoms with Gasteiger partial charge < -0.3 is 14.7 Å². The molecular weight excluding hydrogens is 308 g/mol. The summed E-state index contributed by atoms with van der Waals surface area (Å²) in [5.41, 5.74) is 1.42. The molecule has 6 heteroatoms. The summed E-state index contributed by atoms with van der Waals surface area (Å²) < 4.78 is 5.05. The maximum Gasteiger partial charge on any atom is 0.335 e. The average Bonchev–Trinajstić information content (AvgIpc) is 2.61. The highest BCUT2D eigenvalue weighted by atomic mass is 16.5. The Bertz CT molecular complexity index is 688. The van der Waals surface area contributed by atoms with Gasteiger partial charge >= 0.3 is 5.97 Å². The fourth-order valence-electron chi connectivity index (χ4n) is 2.33. The largest absolute Gasteiger partial charge is 0.478 e. The molecule has 24 heavy (non-hydrogen) atoms. The number of hydrogen-bond donors (Lipinski definition) is 1. The van der Waals surface area contributed by atoms with Crippen LogP contribution in [-0.2, 0) is 11.3 Å². The van der Waals surface area contributed by atoms with Crippen molar-refractivity contribution in [2.24, 2.45) is 0 Å². The number of methoxy groups -OCH3 is 1. The standard InChI is InChI=1S/C18H20N2O4/c1-24-11-3-10-20(13-14-6-8-19-9-7-14)17(21)15-4-2-5-16(12-15)18(22)23/h2,4-9,12H,3,10-11,13H2,1H3,(H,22,23). The number of carboxylic acids is 1. The second-order valence-corrected chi connectivity index (χ2v) is 5.31. The molecule has 126 valence electrons. The Hall–Kier alpha value is -2.73. The maximum atomic E-state index is 12.8. The van der Waals surface area contributed by atoms with Crippen LogP contribution in [0.5, 0.6) is 0 Å². The number of aromatic nitrogens is 1. The van der Waals surface area contributed by atoms with Gasteiger partial charge in [-0.2, -0.15) is 0 Å². The van der Waals surface area contributed by atoms with E-state index in [0.29, 0.717) is 31.7 Å². The Balaban J connectivity index is 2.19. The molecule has 0 spiro atoms. The first-order valence-electron chi connectivity index (χ1n) is 7.62. The van der Waals surface area contributed by atoms with Gasteiger partial charge in [-0.15, -0.1) is 0 Å². The Morgan fingerprint density at radius 1 is 1.17 bits per heavy atom. The fourth-order valence-corrected chi connectivity index (χ4v) is 2.33. The van der Waals surface area contributed by atoms with Gasteiger partial charge in [0.15, 0.2) is 0 Å². The molecule has 0 saturated carbocycles. The third-order valence-electron chi connectivity index (χ3n) is 3.54. The molecule has 0 radical (unpaired) electrons. The van der Waals surface area contributed by atoms with E-state index in [-0.39, 0.29) is 11.5 Å². The molecule has 0 bridgehead atoms. The van der Waals surface area contributed by atoms with Crippen molar-refractivity contribution >= 4 is 11.9 Å². The van der Waals surface area contributed by atoms with Gasteiger partial charge in [-0.3, -0.25) is 9.78 Å². The van der Waals surface area contributed by atoms with E-state index < -0.39 is 5.97 Å². The zero-order valence-electron chi connectivity index (χ0n) is 13.5. The Kier molecular flexibility index (Phi) is 6.45. The van der Waals surface area contributed by atoms with E-state index in [1.54, 1.807) is 36.5 Å². The zero-order valence-corrected chi connectivity index (χ0v) is 13.5. The van der Waals surface area contributed by atoms with Gasteiger partial charge in [0.1, 0.15) is 0 Å². The van der Waals surface area contributed by atoms with Crippen molar-refractivity contribution in [3.63, 3.8) is 0 Å². The number of benzene rings is 1. The number of carbonyl (C=O) groups is 2. The lowest BCUT2D eigenvalue weighted by Gasteiger charge is -2.23. The molecule has 0 fully saturated rings. The third-order valence-corrected chi connectivity index (χ3v) is 3.54. The lowest BCUT2D eigenvalue weighted by Crippen LogP contribution is -2.32. The van der Waals surface area contributed by atoms with E-state index in [1.165, 1.54) is 12.1 Å². The van der Waals surface area contributed by atoms with Gasteiger partial charge in [0.2, 0.25) is 0 Å². The van der Waals surface area contributed by atoms with Crippen LogP contribution in [0.2, 0.25) is 0 Å². The molecule has 1 N–H and O–H groups in total. The number of rotatable bonds is 8. The van der Waals surface area contributed by atoms with Crippen LogP contribution in [0.4, 0.5) is 0 Å². The van der Waals surface area contributed by atoms with E-state index in [1.807, 2.05) is 12.1 Å². The van der Waals surface area contributed by atoms with Gasteiger partial charge in [-0.1, -0.05) is 6.07 Å².